The van der Waals surface area contributed by atoms with E-state index >= 15 is 0 Å². The molecule has 0 atom stereocenters. The summed E-state index contributed by atoms with van der Waals surface area (Å²) in [4.78, 5) is 16.7. The molecule has 2 aromatic rings. The lowest BCUT2D eigenvalue weighted by atomic mass is 10.1. The molecule has 0 radical (unpaired) electrons. The van der Waals surface area contributed by atoms with Gasteiger partial charge in [-0.1, -0.05) is 55.1 Å². The van der Waals surface area contributed by atoms with Crippen LogP contribution in [0.3, 0.4) is 0 Å². The highest BCUT2D eigenvalue weighted by molar-refractivity contribution is 8.45. The Hall–Kier alpha value is -2.18. The predicted octanol–water partition coefficient (Wildman–Crippen LogP) is 5.78. The molecular weight excluding hydrogens is 390 g/mol. The maximum atomic E-state index is 12.2. The van der Waals surface area contributed by atoms with Crippen LogP contribution in [-0.2, 0) is 11.4 Å². The van der Waals surface area contributed by atoms with Gasteiger partial charge in [-0.2, -0.15) is 0 Å². The van der Waals surface area contributed by atoms with Crippen molar-refractivity contribution >= 4 is 39.1 Å². The van der Waals surface area contributed by atoms with Crippen molar-refractivity contribution in [3.8, 4) is 11.5 Å². The van der Waals surface area contributed by atoms with Crippen LogP contribution in [0.25, 0.3) is 6.08 Å². The Bertz CT molecular complexity index is 879. The SMILES string of the molecule is CCCSC1=N/C(=C/c2ccc(OCc3ccccc3)c(OCC)c2)C(=O)S1. The third kappa shape index (κ3) is 5.66. The summed E-state index contributed by atoms with van der Waals surface area (Å²) in [5.74, 6) is 2.31. The summed E-state index contributed by atoms with van der Waals surface area (Å²) >= 11 is 2.83. The van der Waals surface area contributed by atoms with Crippen molar-refractivity contribution in [3.05, 3.63) is 65.4 Å². The number of hydrogen-bond acceptors (Lipinski definition) is 6. The molecule has 0 bridgehead atoms. The number of rotatable bonds is 8. The second-order valence-electron chi connectivity index (χ2n) is 6.06. The zero-order valence-corrected chi connectivity index (χ0v) is 17.6. The van der Waals surface area contributed by atoms with Crippen molar-refractivity contribution < 1.29 is 14.3 Å². The minimum atomic E-state index is -0.0130. The molecule has 6 heteroatoms. The fourth-order valence-corrected chi connectivity index (χ4v) is 4.30. The van der Waals surface area contributed by atoms with Crippen LogP contribution in [-0.4, -0.2) is 21.9 Å². The largest absolute Gasteiger partial charge is 0.490 e. The van der Waals surface area contributed by atoms with Gasteiger partial charge in [-0.05, 0) is 60.2 Å². The first-order valence-corrected chi connectivity index (χ1v) is 11.1. The lowest BCUT2D eigenvalue weighted by Crippen LogP contribution is -2.00. The zero-order chi connectivity index (χ0) is 19.8. The lowest BCUT2D eigenvalue weighted by Gasteiger charge is -2.13. The smallest absolute Gasteiger partial charge is 0.244 e. The van der Waals surface area contributed by atoms with Crippen LogP contribution in [0.2, 0.25) is 0 Å². The summed E-state index contributed by atoms with van der Waals surface area (Å²) in [7, 11) is 0. The molecule has 0 N–H and O–H groups in total. The molecule has 28 heavy (non-hydrogen) atoms. The molecular formula is C22H23NO3S2. The molecule has 0 unspecified atom stereocenters. The van der Waals surface area contributed by atoms with E-state index in [4.69, 9.17) is 9.47 Å². The van der Waals surface area contributed by atoms with Crippen LogP contribution in [0.5, 0.6) is 11.5 Å². The number of carbonyl (C=O) groups is 1. The van der Waals surface area contributed by atoms with Gasteiger partial charge in [-0.15, -0.1) is 0 Å². The van der Waals surface area contributed by atoms with E-state index < -0.39 is 0 Å². The Morgan fingerprint density at radius 1 is 1.07 bits per heavy atom. The fraction of sp³-hybridized carbons (Fsp3) is 0.273. The van der Waals surface area contributed by atoms with Gasteiger partial charge in [-0.25, -0.2) is 4.99 Å². The van der Waals surface area contributed by atoms with Gasteiger partial charge in [0.05, 0.1) is 6.61 Å². The van der Waals surface area contributed by atoms with E-state index in [0.29, 0.717) is 30.4 Å². The summed E-state index contributed by atoms with van der Waals surface area (Å²) in [5.41, 5.74) is 2.44. The molecule has 0 spiro atoms. The molecule has 0 amide bonds. The van der Waals surface area contributed by atoms with E-state index in [2.05, 4.69) is 11.9 Å². The summed E-state index contributed by atoms with van der Waals surface area (Å²) in [5, 5.41) is -0.0130. The number of ether oxygens (including phenoxy) is 2. The van der Waals surface area contributed by atoms with Crippen molar-refractivity contribution in [2.75, 3.05) is 12.4 Å². The summed E-state index contributed by atoms with van der Waals surface area (Å²) in [6, 6.07) is 15.7. The van der Waals surface area contributed by atoms with Gasteiger partial charge in [0, 0.05) is 0 Å². The molecule has 2 aromatic carbocycles. The van der Waals surface area contributed by atoms with Gasteiger partial charge >= 0.3 is 0 Å². The van der Waals surface area contributed by atoms with Crippen molar-refractivity contribution in [1.82, 2.24) is 0 Å². The molecule has 0 aromatic heterocycles. The Labute approximate surface area is 174 Å². The first-order chi connectivity index (χ1) is 13.7. The van der Waals surface area contributed by atoms with E-state index in [-0.39, 0.29) is 5.12 Å². The molecule has 146 valence electrons. The first kappa shape index (κ1) is 20.6. The average molecular weight is 414 g/mol. The molecule has 4 nitrogen and oxygen atoms in total. The quantitative estimate of drug-likeness (QED) is 0.514. The van der Waals surface area contributed by atoms with E-state index in [9.17, 15) is 4.79 Å². The van der Waals surface area contributed by atoms with E-state index in [1.165, 1.54) is 11.8 Å². The van der Waals surface area contributed by atoms with Gasteiger partial charge in [-0.3, -0.25) is 4.79 Å². The standard InChI is InChI=1S/C22H23NO3S2/c1-3-12-27-22-23-18(21(24)28-22)13-17-10-11-19(20(14-17)25-4-2)26-15-16-8-6-5-7-9-16/h5-11,13-14H,3-4,12,15H2,1-2H3/b18-13+. The second kappa shape index (κ2) is 10.4. The van der Waals surface area contributed by atoms with Gasteiger partial charge in [0.25, 0.3) is 0 Å². The maximum absolute atomic E-state index is 12.2. The van der Waals surface area contributed by atoms with Crippen LogP contribution in [0, 0.1) is 0 Å². The number of thioether (sulfide) groups is 2. The summed E-state index contributed by atoms with van der Waals surface area (Å²) in [6.07, 6.45) is 2.86. The minimum Gasteiger partial charge on any atom is -0.490 e. The summed E-state index contributed by atoms with van der Waals surface area (Å²) < 4.78 is 12.5. The van der Waals surface area contributed by atoms with E-state index in [1.54, 1.807) is 17.8 Å². The topological polar surface area (TPSA) is 47.9 Å². The monoisotopic (exact) mass is 413 g/mol. The van der Waals surface area contributed by atoms with Crippen LogP contribution in [0.4, 0.5) is 0 Å². The van der Waals surface area contributed by atoms with Gasteiger partial charge in [0.2, 0.25) is 5.12 Å². The first-order valence-electron chi connectivity index (χ1n) is 9.28. The maximum Gasteiger partial charge on any atom is 0.244 e. The molecule has 1 aliphatic heterocycles. The van der Waals surface area contributed by atoms with Crippen molar-refractivity contribution in [1.29, 1.82) is 0 Å². The van der Waals surface area contributed by atoms with Gasteiger partial charge in [0.15, 0.2) is 11.5 Å². The molecule has 1 aliphatic rings. The highest BCUT2D eigenvalue weighted by atomic mass is 32.2. The van der Waals surface area contributed by atoms with Gasteiger partial charge in [0.1, 0.15) is 16.7 Å². The number of aliphatic imine (C=N–C) groups is 1. The highest BCUT2D eigenvalue weighted by Crippen LogP contribution is 2.34. The number of nitrogens with zero attached hydrogens (tertiary/aromatic N) is 1. The van der Waals surface area contributed by atoms with Crippen LogP contribution in [0.1, 0.15) is 31.4 Å². The van der Waals surface area contributed by atoms with E-state index in [1.807, 2.05) is 55.5 Å². The molecule has 0 saturated heterocycles. The van der Waals surface area contributed by atoms with Crippen LogP contribution in [0.15, 0.2) is 59.2 Å². The van der Waals surface area contributed by atoms with Crippen molar-refractivity contribution in [2.45, 2.75) is 26.9 Å². The van der Waals surface area contributed by atoms with Crippen molar-refractivity contribution in [2.24, 2.45) is 4.99 Å². The number of benzene rings is 2. The lowest BCUT2D eigenvalue weighted by molar-refractivity contribution is -0.107. The Morgan fingerprint density at radius 3 is 2.64 bits per heavy atom. The molecule has 0 aliphatic carbocycles. The number of carbonyl (C=O) groups excluding carboxylic acids is 1. The van der Waals surface area contributed by atoms with Crippen LogP contribution >= 0.6 is 23.5 Å². The molecule has 3 rings (SSSR count). The number of hydrogen-bond donors (Lipinski definition) is 0. The van der Waals surface area contributed by atoms with Crippen LogP contribution < -0.4 is 9.47 Å². The Morgan fingerprint density at radius 2 is 1.89 bits per heavy atom. The molecule has 0 saturated carbocycles. The molecule has 1 heterocycles. The Balaban J connectivity index is 1.76. The van der Waals surface area contributed by atoms with Crippen molar-refractivity contribution in [3.63, 3.8) is 0 Å². The predicted molar refractivity (Wildman–Crippen MR) is 119 cm³/mol. The minimum absolute atomic E-state index is 0.0130. The average Bonchev–Trinajstić information content (AvgIpc) is 3.06. The third-order valence-corrected chi connectivity index (χ3v) is 6.05. The third-order valence-electron chi connectivity index (χ3n) is 3.84. The Kier molecular flexibility index (Phi) is 7.62. The fourth-order valence-electron chi connectivity index (χ4n) is 2.54. The zero-order valence-electron chi connectivity index (χ0n) is 16.0. The summed E-state index contributed by atoms with van der Waals surface area (Å²) in [6.45, 7) is 5.05. The van der Waals surface area contributed by atoms with Gasteiger partial charge < -0.3 is 9.47 Å². The molecule has 0 fully saturated rings. The highest BCUT2D eigenvalue weighted by Gasteiger charge is 2.22. The second-order valence-corrected chi connectivity index (χ2v) is 8.36. The normalized spacial score (nSPS) is 15.0. The van der Waals surface area contributed by atoms with E-state index in [0.717, 1.165) is 27.7 Å².